The van der Waals surface area contributed by atoms with Crippen LogP contribution in [0.5, 0.6) is 11.5 Å². The van der Waals surface area contributed by atoms with E-state index in [1.807, 2.05) is 19.1 Å². The van der Waals surface area contributed by atoms with Crippen LogP contribution < -0.4 is 9.47 Å². The lowest BCUT2D eigenvalue weighted by molar-refractivity contribution is 0.0730. The van der Waals surface area contributed by atoms with Crippen LogP contribution in [-0.4, -0.2) is 13.1 Å². The summed E-state index contributed by atoms with van der Waals surface area (Å²) >= 11 is 0. The minimum Gasteiger partial charge on any atom is -0.496 e. The third kappa shape index (κ3) is 3.10. The molecule has 98 valence electrons. The Morgan fingerprint density at radius 1 is 1.11 bits per heavy atom. The van der Waals surface area contributed by atoms with E-state index in [1.165, 1.54) is 19.2 Å². The zero-order valence-electron chi connectivity index (χ0n) is 10.6. The molecule has 0 aromatic heterocycles. The number of carbonyl (C=O) groups excluding carboxylic acids is 1. The number of ether oxygens (including phenoxy) is 2. The zero-order valence-corrected chi connectivity index (χ0v) is 10.6. The molecule has 0 aliphatic carbocycles. The molecule has 0 saturated heterocycles. The van der Waals surface area contributed by atoms with Crippen LogP contribution in [0.15, 0.2) is 42.5 Å². The van der Waals surface area contributed by atoms with Crippen molar-refractivity contribution in [2.45, 2.75) is 6.92 Å². The first-order valence-electron chi connectivity index (χ1n) is 5.72. The van der Waals surface area contributed by atoms with E-state index in [1.54, 1.807) is 12.1 Å². The van der Waals surface area contributed by atoms with Gasteiger partial charge in [-0.2, -0.15) is 0 Å². The van der Waals surface area contributed by atoms with E-state index in [0.717, 1.165) is 11.6 Å². The molecule has 0 N–H and O–H groups in total. The molecule has 0 bridgehead atoms. The maximum atomic E-state index is 13.2. The van der Waals surface area contributed by atoms with Crippen molar-refractivity contribution in [3.05, 3.63) is 59.4 Å². The van der Waals surface area contributed by atoms with Crippen molar-refractivity contribution < 1.29 is 18.7 Å². The molecule has 2 aromatic carbocycles. The van der Waals surface area contributed by atoms with Gasteiger partial charge in [0.15, 0.2) is 0 Å². The van der Waals surface area contributed by atoms with Gasteiger partial charge in [-0.1, -0.05) is 17.7 Å². The molecule has 19 heavy (non-hydrogen) atoms. The summed E-state index contributed by atoms with van der Waals surface area (Å²) in [7, 11) is 1.41. The molecule has 0 spiro atoms. The summed E-state index contributed by atoms with van der Waals surface area (Å²) in [6.45, 7) is 1.93. The van der Waals surface area contributed by atoms with E-state index in [-0.39, 0.29) is 11.3 Å². The van der Waals surface area contributed by atoms with Crippen LogP contribution in [-0.2, 0) is 0 Å². The molecule has 3 nitrogen and oxygen atoms in total. The van der Waals surface area contributed by atoms with Gasteiger partial charge in [0.25, 0.3) is 0 Å². The summed E-state index contributed by atoms with van der Waals surface area (Å²) in [5, 5.41) is 0. The molecular formula is C15H13FO3. The fourth-order valence-corrected chi connectivity index (χ4v) is 1.61. The lowest BCUT2D eigenvalue weighted by Crippen LogP contribution is -2.10. The number of rotatable bonds is 3. The molecule has 0 amide bonds. The Morgan fingerprint density at radius 2 is 1.79 bits per heavy atom. The number of carbonyl (C=O) groups is 1. The highest BCUT2D eigenvalue weighted by molar-refractivity contribution is 5.94. The van der Waals surface area contributed by atoms with Gasteiger partial charge in [-0.3, -0.25) is 0 Å². The largest absolute Gasteiger partial charge is 0.496 e. The lowest BCUT2D eigenvalue weighted by Gasteiger charge is -2.08. The van der Waals surface area contributed by atoms with Crippen LogP contribution in [0.4, 0.5) is 4.39 Å². The van der Waals surface area contributed by atoms with Gasteiger partial charge < -0.3 is 9.47 Å². The Kier molecular flexibility index (Phi) is 3.80. The van der Waals surface area contributed by atoms with Crippen molar-refractivity contribution in [3.8, 4) is 11.5 Å². The van der Waals surface area contributed by atoms with Crippen molar-refractivity contribution in [2.75, 3.05) is 7.11 Å². The van der Waals surface area contributed by atoms with Gasteiger partial charge in [0.1, 0.15) is 22.9 Å². The second kappa shape index (κ2) is 5.52. The van der Waals surface area contributed by atoms with Crippen LogP contribution in [0.3, 0.4) is 0 Å². The molecule has 4 heteroatoms. The second-order valence-electron chi connectivity index (χ2n) is 4.05. The summed E-state index contributed by atoms with van der Waals surface area (Å²) in [6.07, 6.45) is 0. The van der Waals surface area contributed by atoms with Gasteiger partial charge in [-0.05, 0) is 37.3 Å². The van der Waals surface area contributed by atoms with Crippen LogP contribution in [0.25, 0.3) is 0 Å². The number of hydrogen-bond donors (Lipinski definition) is 0. The third-order valence-electron chi connectivity index (χ3n) is 2.61. The summed E-state index contributed by atoms with van der Waals surface area (Å²) in [4.78, 5) is 12.0. The normalized spacial score (nSPS) is 10.1. The van der Waals surface area contributed by atoms with Crippen LogP contribution in [0.1, 0.15) is 15.9 Å². The molecule has 0 heterocycles. The molecule has 0 radical (unpaired) electrons. The fraction of sp³-hybridized carbons (Fsp3) is 0.133. The Balaban J connectivity index is 2.24. The summed E-state index contributed by atoms with van der Waals surface area (Å²) in [6, 6.07) is 10.7. The molecule has 0 atom stereocenters. The molecular weight excluding hydrogens is 247 g/mol. The van der Waals surface area contributed by atoms with E-state index >= 15 is 0 Å². The standard InChI is InChI=1S/C15H13FO3/c1-10-3-6-12(7-4-10)19-15(17)13-9-11(16)5-8-14(13)18-2/h3-9H,1-2H3. The zero-order chi connectivity index (χ0) is 13.8. The maximum absolute atomic E-state index is 13.2. The Hall–Kier alpha value is -2.36. The minimum atomic E-state index is -0.653. The molecule has 0 aliphatic heterocycles. The van der Waals surface area contributed by atoms with Gasteiger partial charge >= 0.3 is 5.97 Å². The van der Waals surface area contributed by atoms with Crippen LogP contribution >= 0.6 is 0 Å². The Morgan fingerprint density at radius 3 is 2.42 bits per heavy atom. The van der Waals surface area contributed by atoms with Crippen molar-refractivity contribution in [1.82, 2.24) is 0 Å². The molecule has 0 aliphatic rings. The average Bonchev–Trinajstić information content (AvgIpc) is 2.41. The van der Waals surface area contributed by atoms with Crippen molar-refractivity contribution in [1.29, 1.82) is 0 Å². The van der Waals surface area contributed by atoms with Gasteiger partial charge in [-0.15, -0.1) is 0 Å². The molecule has 2 rings (SSSR count). The third-order valence-corrected chi connectivity index (χ3v) is 2.61. The smallest absolute Gasteiger partial charge is 0.347 e. The highest BCUT2D eigenvalue weighted by Gasteiger charge is 2.15. The van der Waals surface area contributed by atoms with Crippen molar-refractivity contribution in [3.63, 3.8) is 0 Å². The Labute approximate surface area is 110 Å². The second-order valence-corrected chi connectivity index (χ2v) is 4.05. The number of methoxy groups -OCH3 is 1. The van der Waals surface area contributed by atoms with Crippen molar-refractivity contribution >= 4 is 5.97 Å². The quantitative estimate of drug-likeness (QED) is 0.627. The SMILES string of the molecule is COc1ccc(F)cc1C(=O)Oc1ccc(C)cc1. The van der Waals surface area contributed by atoms with E-state index in [4.69, 9.17) is 9.47 Å². The summed E-state index contributed by atoms with van der Waals surface area (Å²) in [5.74, 6) is -0.489. The number of halogens is 1. The monoisotopic (exact) mass is 260 g/mol. The van der Waals surface area contributed by atoms with Crippen LogP contribution in [0.2, 0.25) is 0 Å². The van der Waals surface area contributed by atoms with Gasteiger partial charge in [-0.25, -0.2) is 9.18 Å². The van der Waals surface area contributed by atoms with E-state index < -0.39 is 11.8 Å². The first-order chi connectivity index (χ1) is 9.10. The topological polar surface area (TPSA) is 35.5 Å². The molecule has 0 saturated carbocycles. The van der Waals surface area contributed by atoms with Gasteiger partial charge in [0.05, 0.1) is 7.11 Å². The molecule has 0 unspecified atom stereocenters. The highest BCUT2D eigenvalue weighted by atomic mass is 19.1. The first-order valence-corrected chi connectivity index (χ1v) is 5.72. The fourth-order valence-electron chi connectivity index (χ4n) is 1.61. The minimum absolute atomic E-state index is 0.0584. The number of benzene rings is 2. The Bertz CT molecular complexity index is 591. The summed E-state index contributed by atoms with van der Waals surface area (Å²) in [5.41, 5.74) is 1.12. The number of aryl methyl sites for hydroxylation is 1. The average molecular weight is 260 g/mol. The van der Waals surface area contributed by atoms with Crippen LogP contribution in [0, 0.1) is 12.7 Å². The lowest BCUT2D eigenvalue weighted by atomic mass is 10.2. The predicted octanol–water partition coefficient (Wildman–Crippen LogP) is 3.36. The maximum Gasteiger partial charge on any atom is 0.347 e. The van der Waals surface area contributed by atoms with E-state index in [0.29, 0.717) is 5.75 Å². The van der Waals surface area contributed by atoms with Gasteiger partial charge in [0.2, 0.25) is 0 Å². The van der Waals surface area contributed by atoms with E-state index in [9.17, 15) is 9.18 Å². The molecule has 0 fully saturated rings. The van der Waals surface area contributed by atoms with E-state index in [2.05, 4.69) is 0 Å². The summed E-state index contributed by atoms with van der Waals surface area (Å²) < 4.78 is 23.4. The van der Waals surface area contributed by atoms with Gasteiger partial charge in [0, 0.05) is 0 Å². The first kappa shape index (κ1) is 13.1. The number of esters is 1. The molecule has 2 aromatic rings. The van der Waals surface area contributed by atoms with Crippen molar-refractivity contribution in [2.24, 2.45) is 0 Å². The number of hydrogen-bond acceptors (Lipinski definition) is 3. The highest BCUT2D eigenvalue weighted by Crippen LogP contribution is 2.22. The predicted molar refractivity (Wildman–Crippen MR) is 69.1 cm³/mol.